The van der Waals surface area contributed by atoms with E-state index >= 15 is 0 Å². The minimum absolute atomic E-state index is 0.226. The molecule has 30 heavy (non-hydrogen) atoms. The first-order chi connectivity index (χ1) is 14.4. The minimum Gasteiger partial charge on any atom is -0.493 e. The SMILES string of the molecule is C=CCc1ccc(OCC(=O)Nc2cccc([C@@]3(C)NC(=O)NC3=O)c2)c(OC)c1. The molecule has 8 nitrogen and oxygen atoms in total. The summed E-state index contributed by atoms with van der Waals surface area (Å²) in [5, 5.41) is 7.53. The number of benzene rings is 2. The Labute approximate surface area is 174 Å². The quantitative estimate of drug-likeness (QED) is 0.459. The molecule has 1 aliphatic heterocycles. The Morgan fingerprint density at radius 2 is 2.00 bits per heavy atom. The first-order valence-electron chi connectivity index (χ1n) is 9.30. The molecule has 0 spiro atoms. The highest BCUT2D eigenvalue weighted by Crippen LogP contribution is 2.29. The first-order valence-corrected chi connectivity index (χ1v) is 9.30. The minimum atomic E-state index is -1.20. The number of carbonyl (C=O) groups excluding carboxylic acids is 3. The molecule has 0 radical (unpaired) electrons. The van der Waals surface area contributed by atoms with Gasteiger partial charge in [-0.2, -0.15) is 0 Å². The zero-order valence-electron chi connectivity index (χ0n) is 16.8. The Hall–Kier alpha value is -3.81. The Morgan fingerprint density at radius 3 is 2.67 bits per heavy atom. The van der Waals surface area contributed by atoms with Crippen molar-refractivity contribution in [1.29, 1.82) is 0 Å². The fourth-order valence-corrected chi connectivity index (χ4v) is 3.12. The number of imide groups is 1. The molecule has 1 saturated heterocycles. The molecule has 2 aromatic carbocycles. The van der Waals surface area contributed by atoms with Crippen molar-refractivity contribution in [3.05, 3.63) is 66.2 Å². The van der Waals surface area contributed by atoms with Crippen molar-refractivity contribution in [3.8, 4) is 11.5 Å². The lowest BCUT2D eigenvalue weighted by molar-refractivity contribution is -0.123. The van der Waals surface area contributed by atoms with Crippen molar-refractivity contribution in [1.82, 2.24) is 10.6 Å². The van der Waals surface area contributed by atoms with Crippen molar-refractivity contribution < 1.29 is 23.9 Å². The van der Waals surface area contributed by atoms with Crippen LogP contribution in [0, 0.1) is 0 Å². The molecule has 1 heterocycles. The van der Waals surface area contributed by atoms with Crippen LogP contribution in [0.5, 0.6) is 11.5 Å². The second-order valence-corrected chi connectivity index (χ2v) is 6.93. The molecule has 1 atom stereocenters. The van der Waals surface area contributed by atoms with Gasteiger partial charge in [0.05, 0.1) is 7.11 Å². The van der Waals surface area contributed by atoms with E-state index in [1.54, 1.807) is 43.3 Å². The van der Waals surface area contributed by atoms with E-state index in [0.717, 1.165) is 5.56 Å². The Bertz CT molecular complexity index is 1000. The Balaban J connectivity index is 1.65. The number of nitrogens with one attached hydrogen (secondary N) is 3. The monoisotopic (exact) mass is 409 g/mol. The van der Waals surface area contributed by atoms with Crippen LogP contribution in [-0.2, 0) is 21.5 Å². The van der Waals surface area contributed by atoms with Gasteiger partial charge in [0, 0.05) is 5.69 Å². The van der Waals surface area contributed by atoms with Gasteiger partial charge in [-0.1, -0.05) is 24.3 Å². The standard InChI is InChI=1S/C22H23N3O5/c1-4-6-14-9-10-17(18(11-14)29-3)30-13-19(26)23-16-8-5-7-15(12-16)22(2)20(27)24-21(28)25-22/h4-5,7-12H,1,6,13H2,2-3H3,(H,23,26)(H2,24,25,27,28)/t22-/m1/s1. The third kappa shape index (κ3) is 4.43. The van der Waals surface area contributed by atoms with Crippen LogP contribution >= 0.6 is 0 Å². The molecule has 4 amide bonds. The van der Waals surface area contributed by atoms with E-state index in [4.69, 9.17) is 9.47 Å². The summed E-state index contributed by atoms with van der Waals surface area (Å²) in [5.41, 5.74) is 0.843. The van der Waals surface area contributed by atoms with Crippen LogP contribution in [0.4, 0.5) is 10.5 Å². The molecule has 3 rings (SSSR count). The number of hydrogen-bond acceptors (Lipinski definition) is 5. The molecule has 0 aromatic heterocycles. The van der Waals surface area contributed by atoms with Crippen LogP contribution in [0.3, 0.4) is 0 Å². The summed E-state index contributed by atoms with van der Waals surface area (Å²) in [4.78, 5) is 35.9. The van der Waals surface area contributed by atoms with Crippen LogP contribution in [0.1, 0.15) is 18.1 Å². The topological polar surface area (TPSA) is 106 Å². The van der Waals surface area contributed by atoms with Crippen LogP contribution in [0.15, 0.2) is 55.1 Å². The zero-order valence-corrected chi connectivity index (χ0v) is 16.8. The van der Waals surface area contributed by atoms with Crippen molar-refractivity contribution in [3.63, 3.8) is 0 Å². The van der Waals surface area contributed by atoms with E-state index in [0.29, 0.717) is 29.2 Å². The number of carbonyl (C=O) groups is 3. The van der Waals surface area contributed by atoms with E-state index in [9.17, 15) is 14.4 Å². The zero-order chi connectivity index (χ0) is 21.7. The van der Waals surface area contributed by atoms with Gasteiger partial charge in [-0.25, -0.2) is 4.79 Å². The predicted molar refractivity (Wildman–Crippen MR) is 111 cm³/mol. The van der Waals surface area contributed by atoms with Crippen LogP contribution in [-0.4, -0.2) is 31.6 Å². The van der Waals surface area contributed by atoms with Crippen molar-refractivity contribution in [2.75, 3.05) is 19.0 Å². The summed E-state index contributed by atoms with van der Waals surface area (Å²) in [6.45, 7) is 5.08. The summed E-state index contributed by atoms with van der Waals surface area (Å²) < 4.78 is 10.9. The fraction of sp³-hybridized carbons (Fsp3) is 0.227. The lowest BCUT2D eigenvalue weighted by atomic mass is 9.92. The molecule has 0 saturated carbocycles. The van der Waals surface area contributed by atoms with Crippen LogP contribution in [0.25, 0.3) is 0 Å². The van der Waals surface area contributed by atoms with Gasteiger partial charge in [-0.05, 0) is 48.7 Å². The van der Waals surface area contributed by atoms with E-state index in [-0.39, 0.29) is 12.5 Å². The third-order valence-corrected chi connectivity index (χ3v) is 4.74. The van der Waals surface area contributed by atoms with Gasteiger partial charge in [0.25, 0.3) is 11.8 Å². The van der Waals surface area contributed by atoms with Gasteiger partial charge in [0.2, 0.25) is 0 Å². The predicted octanol–water partition coefficient (Wildman–Crippen LogP) is 2.50. The molecular formula is C22H23N3O5. The molecule has 8 heteroatoms. The molecule has 2 aromatic rings. The molecule has 0 aliphatic carbocycles. The average molecular weight is 409 g/mol. The molecule has 156 valence electrons. The molecule has 1 aliphatic rings. The van der Waals surface area contributed by atoms with Gasteiger partial charge < -0.3 is 20.1 Å². The number of rotatable bonds is 8. The van der Waals surface area contributed by atoms with Gasteiger partial charge >= 0.3 is 6.03 Å². The highest BCUT2D eigenvalue weighted by atomic mass is 16.5. The summed E-state index contributed by atoms with van der Waals surface area (Å²) in [7, 11) is 1.53. The fourth-order valence-electron chi connectivity index (χ4n) is 3.12. The maximum Gasteiger partial charge on any atom is 0.322 e. The lowest BCUT2D eigenvalue weighted by Gasteiger charge is -2.21. The number of amides is 4. The second kappa shape index (κ2) is 8.69. The average Bonchev–Trinajstić information content (AvgIpc) is 2.99. The Morgan fingerprint density at radius 1 is 1.20 bits per heavy atom. The number of allylic oxidation sites excluding steroid dienone is 1. The van der Waals surface area contributed by atoms with Gasteiger partial charge in [-0.15, -0.1) is 6.58 Å². The highest BCUT2D eigenvalue weighted by molar-refractivity contribution is 6.07. The molecule has 0 bridgehead atoms. The first kappa shape index (κ1) is 20.9. The van der Waals surface area contributed by atoms with Crippen LogP contribution < -0.4 is 25.4 Å². The second-order valence-electron chi connectivity index (χ2n) is 6.93. The van der Waals surface area contributed by atoms with E-state index in [1.807, 2.05) is 12.1 Å². The van der Waals surface area contributed by atoms with E-state index < -0.39 is 17.5 Å². The Kier molecular flexibility index (Phi) is 6.06. The number of methoxy groups -OCH3 is 1. The van der Waals surface area contributed by atoms with Crippen molar-refractivity contribution in [2.45, 2.75) is 18.9 Å². The number of urea groups is 1. The van der Waals surface area contributed by atoms with E-state index in [1.165, 1.54) is 7.11 Å². The van der Waals surface area contributed by atoms with Crippen molar-refractivity contribution in [2.24, 2.45) is 0 Å². The lowest BCUT2D eigenvalue weighted by Crippen LogP contribution is -2.40. The van der Waals surface area contributed by atoms with Gasteiger partial charge in [-0.3, -0.25) is 14.9 Å². The maximum absolute atomic E-state index is 12.3. The highest BCUT2D eigenvalue weighted by Gasteiger charge is 2.43. The molecule has 1 fully saturated rings. The van der Waals surface area contributed by atoms with Gasteiger partial charge in [0.1, 0.15) is 5.54 Å². The normalized spacial score (nSPS) is 17.7. The van der Waals surface area contributed by atoms with Gasteiger partial charge in [0.15, 0.2) is 18.1 Å². The summed E-state index contributed by atoms with van der Waals surface area (Å²) in [6.07, 6.45) is 2.49. The van der Waals surface area contributed by atoms with Crippen LogP contribution in [0.2, 0.25) is 0 Å². The summed E-state index contributed by atoms with van der Waals surface area (Å²) >= 11 is 0. The van der Waals surface area contributed by atoms with E-state index in [2.05, 4.69) is 22.5 Å². The largest absolute Gasteiger partial charge is 0.493 e. The number of hydrogen-bond donors (Lipinski definition) is 3. The maximum atomic E-state index is 12.3. The third-order valence-electron chi connectivity index (χ3n) is 4.74. The molecule has 3 N–H and O–H groups in total. The summed E-state index contributed by atoms with van der Waals surface area (Å²) in [6, 6.07) is 11.6. The smallest absolute Gasteiger partial charge is 0.322 e. The summed E-state index contributed by atoms with van der Waals surface area (Å²) in [5.74, 6) is 0.146. The number of ether oxygens (including phenoxy) is 2. The molecular weight excluding hydrogens is 386 g/mol. The number of anilines is 1. The molecule has 0 unspecified atom stereocenters. The van der Waals surface area contributed by atoms with Crippen molar-refractivity contribution >= 4 is 23.5 Å².